The number of nitro groups is 1. The second-order valence-corrected chi connectivity index (χ2v) is 8.00. The van der Waals surface area contributed by atoms with Gasteiger partial charge in [0.05, 0.1) is 11.0 Å². The summed E-state index contributed by atoms with van der Waals surface area (Å²) in [4.78, 5) is 21.8. The Hall–Kier alpha value is -2.94. The highest BCUT2D eigenvalue weighted by Gasteiger charge is 2.28. The van der Waals surface area contributed by atoms with Gasteiger partial charge in [-0.3, -0.25) is 10.1 Å². The molecule has 0 aliphatic carbocycles. The van der Waals surface area contributed by atoms with Crippen LogP contribution in [0.25, 0.3) is 0 Å². The molecule has 1 aromatic heterocycles. The Morgan fingerprint density at radius 1 is 1.20 bits per heavy atom. The third-order valence-corrected chi connectivity index (χ3v) is 5.87. The summed E-state index contributed by atoms with van der Waals surface area (Å²) in [5.41, 5.74) is 7.04. The highest BCUT2D eigenvalue weighted by Crippen LogP contribution is 2.32. The molecule has 0 spiro atoms. The first-order chi connectivity index (χ1) is 14.6. The van der Waals surface area contributed by atoms with Crippen molar-refractivity contribution in [3.05, 3.63) is 46.0 Å². The molecule has 3 N–H and O–H groups in total. The molecular formula is C21H28N6O3. The first-order valence-electron chi connectivity index (χ1n) is 10.6. The van der Waals surface area contributed by atoms with Crippen LogP contribution >= 0.6 is 0 Å². The molecule has 3 heterocycles. The van der Waals surface area contributed by atoms with Gasteiger partial charge in [-0.1, -0.05) is 30.3 Å². The number of nitrogens with one attached hydrogen (secondary N) is 1. The molecule has 30 heavy (non-hydrogen) atoms. The van der Waals surface area contributed by atoms with Crippen LogP contribution in [0, 0.1) is 16.0 Å². The number of ether oxygens (including phenoxy) is 1. The van der Waals surface area contributed by atoms with E-state index in [1.807, 2.05) is 6.07 Å². The Bertz CT molecular complexity index is 865. The smallest absolute Gasteiger partial charge is 0.353 e. The minimum absolute atomic E-state index is 0.0398. The zero-order valence-corrected chi connectivity index (χ0v) is 17.0. The van der Waals surface area contributed by atoms with Crippen molar-refractivity contribution in [3.63, 3.8) is 0 Å². The average Bonchev–Trinajstić information content (AvgIpc) is 3.26. The Morgan fingerprint density at radius 2 is 1.97 bits per heavy atom. The number of anilines is 3. The van der Waals surface area contributed by atoms with E-state index in [0.29, 0.717) is 18.4 Å². The van der Waals surface area contributed by atoms with E-state index in [1.165, 1.54) is 5.56 Å². The molecule has 0 radical (unpaired) electrons. The molecule has 1 atom stereocenters. The molecule has 2 aromatic rings. The molecule has 2 aliphatic heterocycles. The second kappa shape index (κ2) is 9.25. The van der Waals surface area contributed by atoms with Gasteiger partial charge in [0.1, 0.15) is 0 Å². The molecular weight excluding hydrogens is 384 g/mol. The topological polar surface area (TPSA) is 119 Å². The van der Waals surface area contributed by atoms with Crippen LogP contribution in [0.15, 0.2) is 30.3 Å². The van der Waals surface area contributed by atoms with Crippen molar-refractivity contribution in [2.24, 2.45) is 5.92 Å². The van der Waals surface area contributed by atoms with Gasteiger partial charge in [0.15, 0.2) is 0 Å². The van der Waals surface area contributed by atoms with Crippen LogP contribution in [0.4, 0.5) is 23.3 Å². The monoisotopic (exact) mass is 412 g/mol. The highest BCUT2D eigenvalue weighted by atomic mass is 16.6. The molecule has 0 saturated carbocycles. The normalized spacial score (nSPS) is 19.7. The van der Waals surface area contributed by atoms with E-state index in [1.54, 1.807) is 0 Å². The number of aromatic nitrogens is 2. The van der Waals surface area contributed by atoms with Crippen molar-refractivity contribution >= 4 is 23.3 Å². The lowest BCUT2D eigenvalue weighted by molar-refractivity contribution is -0.383. The van der Waals surface area contributed by atoms with E-state index < -0.39 is 4.92 Å². The number of nitrogen functional groups attached to an aromatic ring is 1. The van der Waals surface area contributed by atoms with Gasteiger partial charge in [0, 0.05) is 26.2 Å². The minimum atomic E-state index is -0.525. The van der Waals surface area contributed by atoms with Gasteiger partial charge < -0.3 is 20.7 Å². The maximum absolute atomic E-state index is 11.5. The summed E-state index contributed by atoms with van der Waals surface area (Å²) in [6.07, 6.45) is 5.08. The van der Waals surface area contributed by atoms with Crippen LogP contribution in [-0.4, -0.2) is 47.2 Å². The number of hydrogen-bond donors (Lipinski definition) is 2. The largest absolute Gasteiger partial charge is 0.378 e. The third-order valence-electron chi connectivity index (χ3n) is 5.87. The molecule has 9 heteroatoms. The fraction of sp³-hybridized carbons (Fsp3) is 0.524. The average molecular weight is 412 g/mol. The zero-order chi connectivity index (χ0) is 20.9. The fourth-order valence-electron chi connectivity index (χ4n) is 4.20. The molecule has 2 aliphatic rings. The number of nitrogens with zero attached hydrogens (tertiary/aromatic N) is 4. The van der Waals surface area contributed by atoms with E-state index >= 15 is 0 Å². The highest BCUT2D eigenvalue weighted by molar-refractivity contribution is 5.70. The molecule has 4 rings (SSSR count). The maximum atomic E-state index is 11.5. The number of piperidine rings is 1. The summed E-state index contributed by atoms with van der Waals surface area (Å²) in [6, 6.07) is 10.5. The third kappa shape index (κ3) is 4.79. The first kappa shape index (κ1) is 20.3. The van der Waals surface area contributed by atoms with Gasteiger partial charge in [-0.15, -0.1) is 0 Å². The number of hydrogen-bond acceptors (Lipinski definition) is 8. The number of rotatable bonds is 7. The molecule has 160 valence electrons. The lowest BCUT2D eigenvalue weighted by Gasteiger charge is -2.32. The van der Waals surface area contributed by atoms with E-state index in [9.17, 15) is 10.1 Å². The summed E-state index contributed by atoms with van der Waals surface area (Å²) < 4.78 is 5.60. The Balaban J connectivity index is 1.43. The molecule has 2 saturated heterocycles. The van der Waals surface area contributed by atoms with Gasteiger partial charge in [-0.05, 0) is 43.6 Å². The van der Waals surface area contributed by atoms with E-state index in [4.69, 9.17) is 10.5 Å². The number of benzene rings is 1. The van der Waals surface area contributed by atoms with Gasteiger partial charge in [-0.25, -0.2) is 0 Å². The fourth-order valence-corrected chi connectivity index (χ4v) is 4.20. The lowest BCUT2D eigenvalue weighted by Crippen LogP contribution is -2.36. The van der Waals surface area contributed by atoms with Crippen LogP contribution in [0.2, 0.25) is 0 Å². The van der Waals surface area contributed by atoms with E-state index in [-0.39, 0.29) is 23.4 Å². The maximum Gasteiger partial charge on any atom is 0.353 e. The molecule has 1 unspecified atom stereocenters. The van der Waals surface area contributed by atoms with Crippen molar-refractivity contribution in [1.29, 1.82) is 0 Å². The standard InChI is InChI=1S/C21H28N6O3/c22-19-18(27(28)29)20(23-14-17-7-4-12-30-17)25-21(24-19)26-10-8-16(9-11-26)13-15-5-2-1-3-6-15/h1-3,5-6,16-17H,4,7-14H2,(H3,22,23,24,25). The van der Waals surface area contributed by atoms with Crippen molar-refractivity contribution < 1.29 is 9.66 Å². The molecule has 0 bridgehead atoms. The predicted molar refractivity (Wildman–Crippen MR) is 116 cm³/mol. The number of nitrogens with two attached hydrogens (primary N) is 1. The Kier molecular flexibility index (Phi) is 6.27. The molecule has 9 nitrogen and oxygen atoms in total. The van der Waals surface area contributed by atoms with Crippen molar-refractivity contribution in [2.45, 2.75) is 38.2 Å². The van der Waals surface area contributed by atoms with Crippen molar-refractivity contribution in [2.75, 3.05) is 42.2 Å². The molecule has 2 fully saturated rings. The van der Waals surface area contributed by atoms with E-state index in [0.717, 1.165) is 51.8 Å². The summed E-state index contributed by atoms with van der Waals surface area (Å²) in [6.45, 7) is 2.80. The quantitative estimate of drug-likeness (QED) is 0.526. The molecule has 0 amide bonds. The van der Waals surface area contributed by atoms with Crippen LogP contribution in [0.1, 0.15) is 31.2 Å². The lowest BCUT2D eigenvalue weighted by atomic mass is 9.90. The van der Waals surface area contributed by atoms with Crippen LogP contribution in [-0.2, 0) is 11.2 Å². The summed E-state index contributed by atoms with van der Waals surface area (Å²) in [5.74, 6) is 1.12. The van der Waals surface area contributed by atoms with Crippen LogP contribution < -0.4 is 16.0 Å². The van der Waals surface area contributed by atoms with Gasteiger partial charge in [0.25, 0.3) is 0 Å². The predicted octanol–water partition coefficient (Wildman–Crippen LogP) is 3.02. The zero-order valence-electron chi connectivity index (χ0n) is 17.0. The van der Waals surface area contributed by atoms with Crippen molar-refractivity contribution in [3.8, 4) is 0 Å². The Morgan fingerprint density at radius 3 is 2.63 bits per heavy atom. The first-order valence-corrected chi connectivity index (χ1v) is 10.6. The summed E-state index contributed by atoms with van der Waals surface area (Å²) in [5, 5.41) is 14.6. The molecule has 1 aromatic carbocycles. The van der Waals surface area contributed by atoms with Gasteiger partial charge in [-0.2, -0.15) is 9.97 Å². The second-order valence-electron chi connectivity index (χ2n) is 8.00. The van der Waals surface area contributed by atoms with Crippen molar-refractivity contribution in [1.82, 2.24) is 9.97 Å². The van der Waals surface area contributed by atoms with E-state index in [2.05, 4.69) is 44.5 Å². The van der Waals surface area contributed by atoms with Crippen LogP contribution in [0.5, 0.6) is 0 Å². The van der Waals surface area contributed by atoms with Gasteiger partial charge in [0.2, 0.25) is 17.6 Å². The SMILES string of the molecule is Nc1nc(N2CCC(Cc3ccccc3)CC2)nc(NCC2CCCO2)c1[N+](=O)[O-]. The van der Waals surface area contributed by atoms with Crippen LogP contribution in [0.3, 0.4) is 0 Å². The van der Waals surface area contributed by atoms with Gasteiger partial charge >= 0.3 is 5.69 Å². The summed E-state index contributed by atoms with van der Waals surface area (Å²) in [7, 11) is 0. The summed E-state index contributed by atoms with van der Waals surface area (Å²) >= 11 is 0. The minimum Gasteiger partial charge on any atom is -0.378 e. The Labute approximate surface area is 175 Å².